The van der Waals surface area contributed by atoms with Crippen molar-refractivity contribution in [1.82, 2.24) is 5.32 Å². The molecule has 2 aromatic rings. The Kier molecular flexibility index (Phi) is 4.95. The van der Waals surface area contributed by atoms with Crippen LogP contribution in [0.2, 0.25) is 0 Å². The van der Waals surface area contributed by atoms with Gasteiger partial charge in [0.2, 0.25) is 0 Å². The molecule has 1 fully saturated rings. The number of hydrogen-bond acceptors (Lipinski definition) is 6. The molecule has 4 rings (SSSR count). The zero-order valence-corrected chi connectivity index (χ0v) is 15.9. The van der Waals surface area contributed by atoms with E-state index in [0.29, 0.717) is 6.54 Å². The normalized spacial score (nSPS) is 29.0. The van der Waals surface area contributed by atoms with Crippen LogP contribution in [0.25, 0.3) is 0 Å². The lowest BCUT2D eigenvalue weighted by Gasteiger charge is -2.25. The molecule has 0 aromatic carbocycles. The number of Topliss-reactive ketones (excluding diaryl/α,β-unsaturated/α-hetero) is 1. The number of rotatable bonds is 5. The standard InChI is InChI=1S/C19H23NO3S2/c1-11-8-14-17(25-11)5-2-12(18(14)21)9-20-15-3-4-16(19(15)22)23-13-6-7-24-10-13/h6-8,10,12,15-16,19-20,22H,2-5,9H2,1H3. The van der Waals surface area contributed by atoms with Crippen LogP contribution in [-0.2, 0) is 6.42 Å². The van der Waals surface area contributed by atoms with Gasteiger partial charge in [-0.2, -0.15) is 0 Å². The highest BCUT2D eigenvalue weighted by molar-refractivity contribution is 7.12. The minimum absolute atomic E-state index is 0.00189. The minimum atomic E-state index is -0.530. The van der Waals surface area contributed by atoms with Crippen LogP contribution in [0.5, 0.6) is 5.75 Å². The summed E-state index contributed by atoms with van der Waals surface area (Å²) >= 11 is 3.34. The molecule has 0 bridgehead atoms. The monoisotopic (exact) mass is 377 g/mol. The number of aliphatic hydroxyl groups excluding tert-OH is 1. The lowest BCUT2D eigenvalue weighted by atomic mass is 9.87. The number of carbonyl (C=O) groups is 1. The molecular formula is C19H23NO3S2. The molecule has 2 aromatic heterocycles. The molecule has 2 aliphatic rings. The summed E-state index contributed by atoms with van der Waals surface area (Å²) in [4.78, 5) is 15.1. The molecule has 6 heteroatoms. The van der Waals surface area contributed by atoms with Gasteiger partial charge in [0, 0.05) is 39.2 Å². The summed E-state index contributed by atoms with van der Waals surface area (Å²) < 4.78 is 5.87. The molecule has 0 aliphatic heterocycles. The number of nitrogens with one attached hydrogen (secondary N) is 1. The van der Waals surface area contributed by atoms with Gasteiger partial charge in [0.15, 0.2) is 5.78 Å². The lowest BCUT2D eigenvalue weighted by molar-refractivity contribution is 0.0444. The van der Waals surface area contributed by atoms with E-state index in [-0.39, 0.29) is 23.8 Å². The average molecular weight is 378 g/mol. The van der Waals surface area contributed by atoms with Crippen LogP contribution in [0.3, 0.4) is 0 Å². The van der Waals surface area contributed by atoms with E-state index >= 15 is 0 Å². The molecule has 0 radical (unpaired) electrons. The van der Waals surface area contributed by atoms with Crippen molar-refractivity contribution in [1.29, 1.82) is 0 Å². The molecular weight excluding hydrogens is 354 g/mol. The second-order valence-corrected chi connectivity index (χ2v) is 9.11. The summed E-state index contributed by atoms with van der Waals surface area (Å²) in [6.45, 7) is 2.70. The third-order valence-corrected chi connectivity index (χ3v) is 7.02. The molecule has 0 saturated heterocycles. The fraction of sp³-hybridized carbons (Fsp3) is 0.526. The highest BCUT2D eigenvalue weighted by Crippen LogP contribution is 2.32. The maximum atomic E-state index is 12.7. The van der Waals surface area contributed by atoms with Crippen molar-refractivity contribution in [3.05, 3.63) is 38.2 Å². The van der Waals surface area contributed by atoms with Crippen LogP contribution < -0.4 is 10.1 Å². The van der Waals surface area contributed by atoms with Crippen LogP contribution in [0.15, 0.2) is 22.9 Å². The maximum Gasteiger partial charge on any atom is 0.168 e. The van der Waals surface area contributed by atoms with E-state index in [4.69, 9.17) is 4.74 Å². The van der Waals surface area contributed by atoms with E-state index in [0.717, 1.165) is 37.0 Å². The first-order valence-corrected chi connectivity index (χ1v) is 10.6. The number of aliphatic hydroxyl groups is 1. The van der Waals surface area contributed by atoms with Gasteiger partial charge in [0.05, 0.1) is 0 Å². The molecule has 25 heavy (non-hydrogen) atoms. The maximum absolute atomic E-state index is 12.7. The lowest BCUT2D eigenvalue weighted by Crippen LogP contribution is -2.44. The van der Waals surface area contributed by atoms with Crippen LogP contribution in [0.1, 0.15) is 39.4 Å². The van der Waals surface area contributed by atoms with Gasteiger partial charge in [-0.15, -0.1) is 22.7 Å². The van der Waals surface area contributed by atoms with Crippen molar-refractivity contribution in [3.63, 3.8) is 0 Å². The molecule has 0 amide bonds. The van der Waals surface area contributed by atoms with Gasteiger partial charge in [-0.3, -0.25) is 4.79 Å². The molecule has 2 heterocycles. The summed E-state index contributed by atoms with van der Waals surface area (Å²) in [7, 11) is 0. The van der Waals surface area contributed by atoms with E-state index in [9.17, 15) is 9.90 Å². The Morgan fingerprint density at radius 2 is 2.24 bits per heavy atom. The number of ether oxygens (including phenoxy) is 1. The van der Waals surface area contributed by atoms with Gasteiger partial charge in [0.25, 0.3) is 0 Å². The first kappa shape index (κ1) is 17.2. The molecule has 2 N–H and O–H groups in total. The Morgan fingerprint density at radius 1 is 1.36 bits per heavy atom. The van der Waals surface area contributed by atoms with E-state index in [1.807, 2.05) is 22.9 Å². The number of thiophene rings is 2. The number of ketones is 1. The number of aryl methyl sites for hydroxylation is 2. The SMILES string of the molecule is Cc1cc2c(s1)CCC(CNC1CCC(Oc3ccsc3)C1O)C2=O. The first-order chi connectivity index (χ1) is 12.1. The second kappa shape index (κ2) is 7.19. The van der Waals surface area contributed by atoms with Crippen molar-refractivity contribution in [2.45, 2.75) is 50.9 Å². The predicted octanol–water partition coefficient (Wildman–Crippen LogP) is 3.42. The Hall–Kier alpha value is -1.21. The zero-order valence-electron chi connectivity index (χ0n) is 14.2. The van der Waals surface area contributed by atoms with E-state index < -0.39 is 6.10 Å². The smallest absolute Gasteiger partial charge is 0.168 e. The van der Waals surface area contributed by atoms with Crippen molar-refractivity contribution in [2.75, 3.05) is 6.54 Å². The van der Waals surface area contributed by atoms with Crippen molar-refractivity contribution in [3.8, 4) is 5.75 Å². The molecule has 4 unspecified atom stereocenters. The van der Waals surface area contributed by atoms with E-state index in [1.165, 1.54) is 9.75 Å². The minimum Gasteiger partial charge on any atom is -0.487 e. The Morgan fingerprint density at radius 3 is 3.04 bits per heavy atom. The third-order valence-electron chi connectivity index (χ3n) is 5.25. The molecule has 0 spiro atoms. The summed E-state index contributed by atoms with van der Waals surface area (Å²) in [6.07, 6.45) is 2.90. The number of fused-ring (bicyclic) bond motifs is 1. The van der Waals surface area contributed by atoms with Crippen LogP contribution in [0.4, 0.5) is 0 Å². The molecule has 1 saturated carbocycles. The van der Waals surface area contributed by atoms with Crippen molar-refractivity contribution < 1.29 is 14.6 Å². The van der Waals surface area contributed by atoms with Gasteiger partial charge in [-0.05, 0) is 50.1 Å². The third kappa shape index (κ3) is 3.53. The topological polar surface area (TPSA) is 58.6 Å². The molecule has 4 nitrogen and oxygen atoms in total. The van der Waals surface area contributed by atoms with Crippen molar-refractivity contribution in [2.24, 2.45) is 5.92 Å². The Labute approximate surface area is 155 Å². The first-order valence-electron chi connectivity index (χ1n) is 8.85. The second-order valence-electron chi connectivity index (χ2n) is 6.99. The molecule has 4 atom stereocenters. The van der Waals surface area contributed by atoms with E-state index in [1.54, 1.807) is 22.7 Å². The van der Waals surface area contributed by atoms with Gasteiger partial charge in [0.1, 0.15) is 18.0 Å². The number of carbonyl (C=O) groups excluding carboxylic acids is 1. The molecule has 134 valence electrons. The predicted molar refractivity (Wildman–Crippen MR) is 101 cm³/mol. The van der Waals surface area contributed by atoms with Crippen LogP contribution in [-0.4, -0.2) is 35.7 Å². The van der Waals surface area contributed by atoms with Crippen LogP contribution in [0, 0.1) is 12.8 Å². The van der Waals surface area contributed by atoms with Crippen LogP contribution >= 0.6 is 22.7 Å². The Bertz CT molecular complexity index is 740. The number of hydrogen-bond donors (Lipinski definition) is 2. The average Bonchev–Trinajstić information content (AvgIpc) is 3.30. The largest absolute Gasteiger partial charge is 0.487 e. The molecule has 2 aliphatic carbocycles. The van der Waals surface area contributed by atoms with Crippen molar-refractivity contribution >= 4 is 28.5 Å². The van der Waals surface area contributed by atoms with Gasteiger partial charge in [-0.1, -0.05) is 0 Å². The summed E-state index contributed by atoms with van der Waals surface area (Å²) in [6, 6.07) is 3.96. The Balaban J connectivity index is 1.32. The highest BCUT2D eigenvalue weighted by atomic mass is 32.1. The quantitative estimate of drug-likeness (QED) is 0.838. The fourth-order valence-corrected chi connectivity index (χ4v) is 5.51. The van der Waals surface area contributed by atoms with Gasteiger partial charge in [-0.25, -0.2) is 0 Å². The summed E-state index contributed by atoms with van der Waals surface area (Å²) in [5.74, 6) is 1.11. The van der Waals surface area contributed by atoms with Gasteiger partial charge >= 0.3 is 0 Å². The highest BCUT2D eigenvalue weighted by Gasteiger charge is 2.37. The van der Waals surface area contributed by atoms with E-state index in [2.05, 4.69) is 12.2 Å². The zero-order chi connectivity index (χ0) is 17.4. The van der Waals surface area contributed by atoms with Gasteiger partial charge < -0.3 is 15.2 Å². The fourth-order valence-electron chi connectivity index (χ4n) is 3.89. The summed E-state index contributed by atoms with van der Waals surface area (Å²) in [5, 5.41) is 17.9. The summed E-state index contributed by atoms with van der Waals surface area (Å²) in [5.41, 5.74) is 0.922.